The van der Waals surface area contributed by atoms with Gasteiger partial charge in [-0.2, -0.15) is 5.10 Å². The molecular weight excluding hydrogens is 350 g/mol. The number of carbonyl (C=O) groups excluding carboxylic acids is 1. The van der Waals surface area contributed by atoms with E-state index >= 15 is 0 Å². The first-order valence-electron chi connectivity index (χ1n) is 8.23. The maximum Gasteiger partial charge on any atom is 0.228 e. The fourth-order valence-corrected chi connectivity index (χ4v) is 3.12. The highest BCUT2D eigenvalue weighted by molar-refractivity contribution is 6.32. The van der Waals surface area contributed by atoms with Crippen LogP contribution in [-0.4, -0.2) is 22.8 Å². The van der Waals surface area contributed by atoms with Crippen LogP contribution in [0.4, 0.5) is 5.69 Å². The van der Waals surface area contributed by atoms with Crippen molar-refractivity contribution < 1.29 is 9.53 Å². The summed E-state index contributed by atoms with van der Waals surface area (Å²) in [7, 11) is 1.55. The number of halogens is 1. The van der Waals surface area contributed by atoms with Crippen LogP contribution in [0.1, 0.15) is 17.0 Å². The molecule has 0 aliphatic heterocycles. The zero-order chi connectivity index (χ0) is 18.7. The molecule has 0 spiro atoms. The Labute approximate surface area is 157 Å². The summed E-state index contributed by atoms with van der Waals surface area (Å²) in [5, 5.41) is 7.90. The van der Waals surface area contributed by atoms with Crippen molar-refractivity contribution >= 4 is 23.2 Å². The van der Waals surface area contributed by atoms with Gasteiger partial charge in [-0.05, 0) is 44.2 Å². The maximum atomic E-state index is 12.5. The normalized spacial score (nSPS) is 10.6. The first-order chi connectivity index (χ1) is 12.5. The largest absolute Gasteiger partial charge is 0.495 e. The molecule has 0 unspecified atom stereocenters. The average molecular weight is 370 g/mol. The smallest absolute Gasteiger partial charge is 0.228 e. The Morgan fingerprint density at radius 2 is 1.92 bits per heavy atom. The van der Waals surface area contributed by atoms with Gasteiger partial charge in [0.2, 0.25) is 5.91 Å². The van der Waals surface area contributed by atoms with Crippen molar-refractivity contribution in [3.63, 3.8) is 0 Å². The Morgan fingerprint density at radius 1 is 1.19 bits per heavy atom. The Morgan fingerprint density at radius 3 is 2.58 bits per heavy atom. The number of rotatable bonds is 5. The van der Waals surface area contributed by atoms with Crippen LogP contribution >= 0.6 is 11.6 Å². The van der Waals surface area contributed by atoms with E-state index in [2.05, 4.69) is 10.4 Å². The lowest BCUT2D eigenvalue weighted by atomic mass is 10.1. The molecule has 1 N–H and O–H groups in total. The topological polar surface area (TPSA) is 56.1 Å². The summed E-state index contributed by atoms with van der Waals surface area (Å²) in [5.74, 6) is 0.450. The van der Waals surface area contributed by atoms with Gasteiger partial charge in [-0.3, -0.25) is 4.79 Å². The van der Waals surface area contributed by atoms with Crippen LogP contribution in [0.2, 0.25) is 5.02 Å². The molecule has 26 heavy (non-hydrogen) atoms. The average Bonchev–Trinajstić information content (AvgIpc) is 2.91. The molecule has 1 aromatic heterocycles. The van der Waals surface area contributed by atoms with E-state index in [1.54, 1.807) is 25.3 Å². The molecular formula is C20H20ClN3O2. The molecule has 1 amide bonds. The highest BCUT2D eigenvalue weighted by Crippen LogP contribution is 2.27. The number of nitrogens with zero attached hydrogens (tertiary/aromatic N) is 2. The van der Waals surface area contributed by atoms with Crippen LogP contribution in [0, 0.1) is 13.8 Å². The minimum absolute atomic E-state index is 0.120. The van der Waals surface area contributed by atoms with Crippen molar-refractivity contribution in [2.24, 2.45) is 0 Å². The maximum absolute atomic E-state index is 12.5. The lowest BCUT2D eigenvalue weighted by Crippen LogP contribution is -2.15. The van der Waals surface area contributed by atoms with Crippen molar-refractivity contribution in [2.75, 3.05) is 12.4 Å². The zero-order valence-corrected chi connectivity index (χ0v) is 15.7. The van der Waals surface area contributed by atoms with Crippen molar-refractivity contribution in [3.8, 4) is 11.4 Å². The second kappa shape index (κ2) is 7.62. The van der Waals surface area contributed by atoms with Gasteiger partial charge in [0.25, 0.3) is 0 Å². The number of aromatic nitrogens is 2. The molecule has 0 aliphatic carbocycles. The lowest BCUT2D eigenvalue weighted by Gasteiger charge is -2.09. The molecule has 6 heteroatoms. The van der Waals surface area contributed by atoms with Gasteiger partial charge >= 0.3 is 0 Å². The Balaban J connectivity index is 1.78. The summed E-state index contributed by atoms with van der Waals surface area (Å²) in [6, 6.07) is 15.0. The molecule has 0 radical (unpaired) electrons. The number of aryl methyl sites for hydroxylation is 1. The van der Waals surface area contributed by atoms with Gasteiger partial charge in [0, 0.05) is 16.9 Å². The van der Waals surface area contributed by atoms with Crippen molar-refractivity contribution in [2.45, 2.75) is 20.3 Å². The van der Waals surface area contributed by atoms with Gasteiger partial charge in [0.15, 0.2) is 0 Å². The van der Waals surface area contributed by atoms with E-state index in [9.17, 15) is 4.79 Å². The minimum atomic E-state index is -0.120. The van der Waals surface area contributed by atoms with Gasteiger partial charge < -0.3 is 10.1 Å². The van der Waals surface area contributed by atoms with Crippen molar-refractivity contribution in [3.05, 3.63) is 70.5 Å². The predicted molar refractivity (Wildman–Crippen MR) is 103 cm³/mol. The van der Waals surface area contributed by atoms with Gasteiger partial charge in [0.1, 0.15) is 5.75 Å². The van der Waals surface area contributed by atoms with Crippen molar-refractivity contribution in [1.29, 1.82) is 0 Å². The SMILES string of the molecule is COc1ccc(NC(=O)Cc2c(C)nn(-c3ccccc3)c2C)cc1Cl. The van der Waals surface area contributed by atoms with Crippen LogP contribution < -0.4 is 10.1 Å². The number of amides is 1. The van der Waals surface area contributed by atoms with E-state index in [0.29, 0.717) is 16.5 Å². The van der Waals surface area contributed by atoms with E-state index < -0.39 is 0 Å². The summed E-state index contributed by atoms with van der Waals surface area (Å²) in [4.78, 5) is 12.5. The minimum Gasteiger partial charge on any atom is -0.495 e. The fraction of sp³-hybridized carbons (Fsp3) is 0.200. The first-order valence-corrected chi connectivity index (χ1v) is 8.61. The molecule has 0 atom stereocenters. The molecule has 0 fully saturated rings. The summed E-state index contributed by atoms with van der Waals surface area (Å²) in [5.41, 5.74) is 4.32. The van der Waals surface area contributed by atoms with E-state index in [1.165, 1.54) is 0 Å². The van der Waals surface area contributed by atoms with E-state index in [-0.39, 0.29) is 12.3 Å². The first kappa shape index (κ1) is 18.0. The number of hydrogen-bond acceptors (Lipinski definition) is 3. The molecule has 0 saturated carbocycles. The summed E-state index contributed by atoms with van der Waals surface area (Å²) >= 11 is 6.11. The van der Waals surface area contributed by atoms with Gasteiger partial charge in [-0.1, -0.05) is 29.8 Å². The molecule has 3 rings (SSSR count). The van der Waals surface area contributed by atoms with Crippen LogP contribution in [-0.2, 0) is 11.2 Å². The molecule has 3 aromatic rings. The number of ether oxygens (including phenoxy) is 1. The fourth-order valence-electron chi connectivity index (χ4n) is 2.86. The quantitative estimate of drug-likeness (QED) is 0.728. The number of methoxy groups -OCH3 is 1. The number of hydrogen-bond donors (Lipinski definition) is 1. The second-order valence-electron chi connectivity index (χ2n) is 5.97. The number of anilines is 1. The molecule has 1 heterocycles. The van der Waals surface area contributed by atoms with Crippen LogP contribution in [0.15, 0.2) is 48.5 Å². The highest BCUT2D eigenvalue weighted by atomic mass is 35.5. The number of para-hydroxylation sites is 1. The third-order valence-corrected chi connectivity index (χ3v) is 4.51. The Bertz CT molecular complexity index is 936. The molecule has 134 valence electrons. The van der Waals surface area contributed by atoms with Crippen molar-refractivity contribution in [1.82, 2.24) is 9.78 Å². The molecule has 0 saturated heterocycles. The zero-order valence-electron chi connectivity index (χ0n) is 14.9. The van der Waals surface area contributed by atoms with E-state index in [1.807, 2.05) is 48.9 Å². The van der Waals surface area contributed by atoms with Gasteiger partial charge in [-0.15, -0.1) is 0 Å². The molecule has 5 nitrogen and oxygen atoms in total. The summed E-state index contributed by atoms with van der Waals surface area (Å²) < 4.78 is 6.98. The Kier molecular flexibility index (Phi) is 5.28. The summed E-state index contributed by atoms with van der Waals surface area (Å²) in [6.45, 7) is 3.89. The van der Waals surface area contributed by atoms with Crippen LogP contribution in [0.5, 0.6) is 5.75 Å². The predicted octanol–water partition coefficient (Wildman–Crippen LogP) is 4.33. The third-order valence-electron chi connectivity index (χ3n) is 4.21. The third kappa shape index (κ3) is 3.73. The molecule has 0 bridgehead atoms. The molecule has 2 aromatic carbocycles. The number of carbonyl (C=O) groups is 1. The standard InChI is InChI=1S/C20H20ClN3O2/c1-13-17(14(2)24(23-13)16-7-5-4-6-8-16)12-20(25)22-15-9-10-19(26-3)18(21)11-15/h4-11H,12H2,1-3H3,(H,22,25). The number of nitrogens with one attached hydrogen (secondary N) is 1. The second-order valence-corrected chi connectivity index (χ2v) is 6.38. The van der Waals surface area contributed by atoms with Crippen LogP contribution in [0.3, 0.4) is 0 Å². The van der Waals surface area contributed by atoms with Gasteiger partial charge in [-0.25, -0.2) is 4.68 Å². The monoisotopic (exact) mass is 369 g/mol. The van der Waals surface area contributed by atoms with E-state index in [4.69, 9.17) is 16.3 Å². The lowest BCUT2D eigenvalue weighted by molar-refractivity contribution is -0.115. The van der Waals surface area contributed by atoms with E-state index in [0.717, 1.165) is 22.6 Å². The molecule has 0 aliphatic rings. The highest BCUT2D eigenvalue weighted by Gasteiger charge is 2.16. The number of benzene rings is 2. The van der Waals surface area contributed by atoms with Gasteiger partial charge in [0.05, 0.1) is 29.9 Å². The Hall–Kier alpha value is -2.79. The summed E-state index contributed by atoms with van der Waals surface area (Å²) in [6.07, 6.45) is 0.244. The van der Waals surface area contributed by atoms with Crippen LogP contribution in [0.25, 0.3) is 5.69 Å².